The van der Waals surface area contributed by atoms with E-state index in [0.29, 0.717) is 0 Å². The average Bonchev–Trinajstić information content (AvgIpc) is 2.88. The van der Waals surface area contributed by atoms with Gasteiger partial charge in [0.05, 0.1) is 25.7 Å². The zero-order valence-electron chi connectivity index (χ0n) is 7.68. The van der Waals surface area contributed by atoms with Gasteiger partial charge in [0, 0.05) is 12.8 Å². The molecule has 0 unspecified atom stereocenters. The molecule has 0 radical (unpaired) electrons. The Morgan fingerprint density at radius 2 is 1.73 bits per heavy atom. The molecule has 64 valence electrons. The van der Waals surface area contributed by atoms with Gasteiger partial charge in [-0.15, -0.1) is 0 Å². The van der Waals surface area contributed by atoms with Crippen molar-refractivity contribution in [3.05, 3.63) is 0 Å². The molecule has 0 amide bonds. The molecule has 0 spiro atoms. The van der Waals surface area contributed by atoms with Gasteiger partial charge in [0.1, 0.15) is 0 Å². The molecule has 1 saturated heterocycles. The summed E-state index contributed by atoms with van der Waals surface area (Å²) in [7, 11) is 0. The maximum Gasteiger partial charge on any atom is 0.0894 e. The van der Waals surface area contributed by atoms with Gasteiger partial charge < -0.3 is 4.48 Å². The van der Waals surface area contributed by atoms with E-state index < -0.39 is 0 Å². The molecular weight excluding hydrogens is 134 g/mol. The van der Waals surface area contributed by atoms with Crippen LogP contribution in [-0.4, -0.2) is 30.2 Å². The Kier molecular flexibility index (Phi) is 1.92. The molecule has 1 saturated carbocycles. The molecule has 0 aromatic heterocycles. The van der Waals surface area contributed by atoms with Crippen molar-refractivity contribution in [2.45, 2.75) is 45.1 Å². The maximum atomic E-state index is 2.38. The molecule has 2 rings (SSSR count). The molecule has 0 bridgehead atoms. The number of hydrogen-bond donors (Lipinski definition) is 0. The number of hydrogen-bond acceptors (Lipinski definition) is 0. The van der Waals surface area contributed by atoms with Crippen LogP contribution in [-0.2, 0) is 0 Å². The van der Waals surface area contributed by atoms with E-state index in [-0.39, 0.29) is 0 Å². The molecule has 2 fully saturated rings. The fourth-order valence-electron chi connectivity index (χ4n) is 2.70. The summed E-state index contributed by atoms with van der Waals surface area (Å²) in [4.78, 5) is 0. The first-order chi connectivity index (χ1) is 5.37. The number of nitrogens with zero attached hydrogens (tertiary/aromatic N) is 1. The van der Waals surface area contributed by atoms with Crippen LogP contribution in [0.3, 0.4) is 0 Å². The minimum absolute atomic E-state index is 1.08. The lowest BCUT2D eigenvalue weighted by atomic mass is 10.1. The fraction of sp³-hybridized carbons (Fsp3) is 1.00. The van der Waals surface area contributed by atoms with E-state index in [1.807, 2.05) is 0 Å². The van der Waals surface area contributed by atoms with Crippen LogP contribution in [0.2, 0.25) is 0 Å². The number of rotatable bonds is 2. The van der Waals surface area contributed by atoms with E-state index in [4.69, 9.17) is 0 Å². The zero-order valence-corrected chi connectivity index (χ0v) is 7.68. The number of quaternary nitrogens is 1. The van der Waals surface area contributed by atoms with Crippen LogP contribution in [0, 0.1) is 0 Å². The standard InChI is InChI=1S/C10H20N/c1-2-11(10-6-7-10)8-4-3-5-9-11/h10H,2-9H2,1H3/q+1. The molecule has 1 heterocycles. The van der Waals surface area contributed by atoms with Crippen molar-refractivity contribution in [3.8, 4) is 0 Å². The van der Waals surface area contributed by atoms with E-state index in [1.165, 1.54) is 56.2 Å². The van der Waals surface area contributed by atoms with Gasteiger partial charge >= 0.3 is 0 Å². The summed E-state index contributed by atoms with van der Waals surface area (Å²) in [6.45, 7) is 6.75. The summed E-state index contributed by atoms with van der Waals surface area (Å²) >= 11 is 0. The van der Waals surface area contributed by atoms with Crippen LogP contribution in [0.4, 0.5) is 0 Å². The summed E-state index contributed by atoms with van der Waals surface area (Å²) < 4.78 is 1.49. The third-order valence-electron chi connectivity index (χ3n) is 3.66. The quantitative estimate of drug-likeness (QED) is 0.535. The Bertz CT molecular complexity index is 132. The molecular formula is C10H20N+. The van der Waals surface area contributed by atoms with Gasteiger partial charge in [-0.3, -0.25) is 0 Å². The maximum absolute atomic E-state index is 2.38. The second-order valence-corrected chi connectivity index (χ2v) is 4.27. The van der Waals surface area contributed by atoms with Gasteiger partial charge in [0.15, 0.2) is 0 Å². The highest BCUT2D eigenvalue weighted by Crippen LogP contribution is 2.36. The van der Waals surface area contributed by atoms with E-state index in [2.05, 4.69) is 6.92 Å². The van der Waals surface area contributed by atoms with Gasteiger partial charge in [-0.05, 0) is 26.2 Å². The molecule has 1 heteroatoms. The van der Waals surface area contributed by atoms with Crippen LogP contribution < -0.4 is 0 Å². The van der Waals surface area contributed by atoms with Gasteiger partial charge in [-0.25, -0.2) is 0 Å². The normalized spacial score (nSPS) is 30.3. The molecule has 1 nitrogen and oxygen atoms in total. The van der Waals surface area contributed by atoms with Gasteiger partial charge in [-0.2, -0.15) is 0 Å². The second kappa shape index (κ2) is 2.78. The molecule has 1 aliphatic heterocycles. The van der Waals surface area contributed by atoms with E-state index in [1.54, 1.807) is 0 Å². The smallest absolute Gasteiger partial charge is 0.0894 e. The topological polar surface area (TPSA) is 0 Å². The van der Waals surface area contributed by atoms with E-state index >= 15 is 0 Å². The Morgan fingerprint density at radius 1 is 1.09 bits per heavy atom. The lowest BCUT2D eigenvalue weighted by molar-refractivity contribution is -0.941. The van der Waals surface area contributed by atoms with Crippen molar-refractivity contribution in [2.24, 2.45) is 0 Å². The third-order valence-corrected chi connectivity index (χ3v) is 3.66. The monoisotopic (exact) mass is 154 g/mol. The molecule has 11 heavy (non-hydrogen) atoms. The lowest BCUT2D eigenvalue weighted by Gasteiger charge is -2.41. The average molecular weight is 154 g/mol. The molecule has 0 aromatic carbocycles. The lowest BCUT2D eigenvalue weighted by Crippen LogP contribution is -2.52. The Labute approximate surface area is 70.0 Å². The Balaban J connectivity index is 2.01. The Hall–Kier alpha value is -0.0400. The molecule has 1 aliphatic carbocycles. The van der Waals surface area contributed by atoms with Crippen LogP contribution >= 0.6 is 0 Å². The van der Waals surface area contributed by atoms with E-state index in [9.17, 15) is 0 Å². The summed E-state index contributed by atoms with van der Waals surface area (Å²) in [6.07, 6.45) is 7.52. The number of likely N-dealkylation sites (tertiary alicyclic amines) is 1. The van der Waals surface area contributed by atoms with Crippen molar-refractivity contribution >= 4 is 0 Å². The SMILES string of the molecule is CC[N+]1(C2CC2)CCCCC1. The highest BCUT2D eigenvalue weighted by Gasteiger charge is 2.43. The largest absolute Gasteiger partial charge is 0.321 e. The highest BCUT2D eigenvalue weighted by atomic mass is 15.4. The summed E-state index contributed by atoms with van der Waals surface area (Å²) in [5.74, 6) is 0. The molecule has 0 aromatic rings. The predicted octanol–water partition coefficient (Wildman–Crippen LogP) is 2.17. The second-order valence-electron chi connectivity index (χ2n) is 4.27. The first kappa shape index (κ1) is 7.60. The van der Waals surface area contributed by atoms with Crippen molar-refractivity contribution < 1.29 is 4.48 Å². The van der Waals surface area contributed by atoms with Crippen molar-refractivity contribution in [2.75, 3.05) is 19.6 Å². The summed E-state index contributed by atoms with van der Waals surface area (Å²) in [6, 6.07) is 1.08. The highest BCUT2D eigenvalue weighted by molar-refractivity contribution is 4.76. The van der Waals surface area contributed by atoms with Gasteiger partial charge in [-0.1, -0.05) is 0 Å². The summed E-state index contributed by atoms with van der Waals surface area (Å²) in [5.41, 5.74) is 0. The predicted molar refractivity (Wildman–Crippen MR) is 47.4 cm³/mol. The molecule has 0 atom stereocenters. The molecule has 0 N–H and O–H groups in total. The van der Waals surface area contributed by atoms with Crippen LogP contribution in [0.1, 0.15) is 39.0 Å². The first-order valence-electron chi connectivity index (χ1n) is 5.23. The fourth-order valence-corrected chi connectivity index (χ4v) is 2.70. The minimum Gasteiger partial charge on any atom is -0.321 e. The van der Waals surface area contributed by atoms with Gasteiger partial charge in [0.25, 0.3) is 0 Å². The number of piperidine rings is 1. The van der Waals surface area contributed by atoms with Crippen LogP contribution in [0.25, 0.3) is 0 Å². The summed E-state index contributed by atoms with van der Waals surface area (Å²) in [5, 5.41) is 0. The van der Waals surface area contributed by atoms with Crippen LogP contribution in [0.5, 0.6) is 0 Å². The van der Waals surface area contributed by atoms with Crippen molar-refractivity contribution in [1.82, 2.24) is 0 Å². The van der Waals surface area contributed by atoms with Crippen molar-refractivity contribution in [1.29, 1.82) is 0 Å². The zero-order chi connectivity index (χ0) is 7.73. The minimum atomic E-state index is 1.08. The van der Waals surface area contributed by atoms with Crippen LogP contribution in [0.15, 0.2) is 0 Å². The van der Waals surface area contributed by atoms with Gasteiger partial charge in [0.2, 0.25) is 0 Å². The molecule has 2 aliphatic rings. The van der Waals surface area contributed by atoms with Crippen molar-refractivity contribution in [3.63, 3.8) is 0 Å². The van der Waals surface area contributed by atoms with E-state index in [0.717, 1.165) is 6.04 Å². The first-order valence-corrected chi connectivity index (χ1v) is 5.23. The third kappa shape index (κ3) is 1.31. The Morgan fingerprint density at radius 3 is 2.18 bits per heavy atom.